The molecular weight excluding hydrogens is 422 g/mol. The number of piperidine rings is 1. The molecule has 5 rings (SSSR count). The number of rotatable bonds is 7. The normalized spacial score (nSPS) is 16.2. The monoisotopic (exact) mass is 453 g/mol. The Hall–Kier alpha value is -3.37. The van der Waals surface area contributed by atoms with E-state index in [-0.39, 0.29) is 11.5 Å². The molecule has 1 aliphatic carbocycles. The van der Waals surface area contributed by atoms with E-state index in [9.17, 15) is 9.90 Å². The van der Waals surface area contributed by atoms with Crippen molar-refractivity contribution >= 4 is 16.9 Å². The number of benzene rings is 3. The number of aromatic hydroxyl groups is 1. The number of allylic oxidation sites excluding steroid dienone is 2. The lowest BCUT2D eigenvalue weighted by Gasteiger charge is -2.26. The summed E-state index contributed by atoms with van der Waals surface area (Å²) >= 11 is 0. The van der Waals surface area contributed by atoms with Crippen molar-refractivity contribution in [3.8, 4) is 11.5 Å². The molecule has 1 fully saturated rings. The van der Waals surface area contributed by atoms with E-state index in [1.54, 1.807) is 12.1 Å². The summed E-state index contributed by atoms with van der Waals surface area (Å²) in [7, 11) is 0. The lowest BCUT2D eigenvalue weighted by Crippen LogP contribution is -2.33. The van der Waals surface area contributed by atoms with E-state index < -0.39 is 0 Å². The molecule has 1 saturated heterocycles. The predicted molar refractivity (Wildman–Crippen MR) is 136 cm³/mol. The minimum Gasteiger partial charge on any atom is -0.508 e. The van der Waals surface area contributed by atoms with Gasteiger partial charge in [-0.3, -0.25) is 9.69 Å². The van der Waals surface area contributed by atoms with Gasteiger partial charge in [0.2, 0.25) is 0 Å². The maximum Gasteiger partial charge on any atom is 0.193 e. The fourth-order valence-corrected chi connectivity index (χ4v) is 5.09. The van der Waals surface area contributed by atoms with Gasteiger partial charge >= 0.3 is 0 Å². The number of likely N-dealkylation sites (tertiary alicyclic amines) is 1. The second-order valence-corrected chi connectivity index (χ2v) is 9.17. The molecule has 4 heteroatoms. The molecule has 1 N–H and O–H groups in total. The van der Waals surface area contributed by atoms with E-state index >= 15 is 0 Å². The van der Waals surface area contributed by atoms with Crippen LogP contribution in [-0.2, 0) is 6.42 Å². The molecule has 174 valence electrons. The van der Waals surface area contributed by atoms with Crippen molar-refractivity contribution in [1.82, 2.24) is 4.90 Å². The first-order valence-electron chi connectivity index (χ1n) is 12.3. The van der Waals surface area contributed by atoms with Crippen molar-refractivity contribution in [1.29, 1.82) is 0 Å². The Morgan fingerprint density at radius 2 is 1.68 bits per heavy atom. The van der Waals surface area contributed by atoms with Crippen LogP contribution in [0.1, 0.15) is 52.7 Å². The van der Waals surface area contributed by atoms with Gasteiger partial charge in [-0.25, -0.2) is 0 Å². The summed E-state index contributed by atoms with van der Waals surface area (Å²) in [6.45, 7) is 3.93. The number of hydrogen-bond acceptors (Lipinski definition) is 4. The van der Waals surface area contributed by atoms with Crippen molar-refractivity contribution in [2.24, 2.45) is 0 Å². The molecule has 1 heterocycles. The van der Waals surface area contributed by atoms with Crippen LogP contribution in [-0.4, -0.2) is 42.0 Å². The van der Waals surface area contributed by atoms with Gasteiger partial charge in [-0.2, -0.15) is 0 Å². The molecule has 0 bridgehead atoms. The molecule has 0 unspecified atom stereocenters. The minimum atomic E-state index is 0.00496. The molecule has 3 aromatic rings. The van der Waals surface area contributed by atoms with Crippen LogP contribution in [0.3, 0.4) is 0 Å². The number of aryl methyl sites for hydroxylation is 1. The summed E-state index contributed by atoms with van der Waals surface area (Å²) in [6.07, 6.45) is 5.53. The lowest BCUT2D eigenvalue weighted by atomic mass is 9.79. The van der Waals surface area contributed by atoms with Crippen molar-refractivity contribution in [2.75, 3.05) is 26.2 Å². The van der Waals surface area contributed by atoms with Crippen LogP contribution in [0.4, 0.5) is 0 Å². The fraction of sp³-hybridized carbons (Fsp3) is 0.300. The Labute approximate surface area is 201 Å². The highest BCUT2D eigenvalue weighted by molar-refractivity contribution is 6.35. The molecule has 4 nitrogen and oxygen atoms in total. The van der Waals surface area contributed by atoms with Crippen LogP contribution < -0.4 is 4.74 Å². The van der Waals surface area contributed by atoms with Crippen molar-refractivity contribution < 1.29 is 14.6 Å². The van der Waals surface area contributed by atoms with Crippen LogP contribution in [0.5, 0.6) is 11.5 Å². The molecule has 34 heavy (non-hydrogen) atoms. The molecule has 0 saturated carbocycles. The zero-order valence-electron chi connectivity index (χ0n) is 19.5. The third kappa shape index (κ3) is 4.92. The van der Waals surface area contributed by atoms with Crippen LogP contribution in [0.15, 0.2) is 72.8 Å². The maximum atomic E-state index is 13.8. The summed E-state index contributed by atoms with van der Waals surface area (Å²) < 4.78 is 5.96. The molecular formula is C30H31NO3. The van der Waals surface area contributed by atoms with Crippen LogP contribution in [0.2, 0.25) is 0 Å². The Balaban J connectivity index is 1.38. The smallest absolute Gasteiger partial charge is 0.193 e. The summed E-state index contributed by atoms with van der Waals surface area (Å²) in [5.41, 5.74) is 5.43. The van der Waals surface area contributed by atoms with Gasteiger partial charge in [0.25, 0.3) is 0 Å². The molecule has 0 radical (unpaired) electrons. The third-order valence-corrected chi connectivity index (χ3v) is 6.90. The first-order valence-corrected chi connectivity index (χ1v) is 12.3. The highest BCUT2D eigenvalue weighted by Gasteiger charge is 2.26. The number of carbonyl (C=O) groups excluding carboxylic acids is 1. The fourth-order valence-electron chi connectivity index (χ4n) is 5.09. The molecule has 3 aromatic carbocycles. The topological polar surface area (TPSA) is 49.8 Å². The number of ketones is 1. The largest absolute Gasteiger partial charge is 0.508 e. The SMILES string of the molecule is O=C(C1=C(c2cccc(O)c2)CCc2ccccc21)c1ccc(OCCN2CCCCC2)cc1. The van der Waals surface area contributed by atoms with Gasteiger partial charge < -0.3 is 9.84 Å². The van der Waals surface area contributed by atoms with E-state index in [4.69, 9.17) is 4.74 Å². The minimum absolute atomic E-state index is 0.00496. The Morgan fingerprint density at radius 1 is 0.882 bits per heavy atom. The van der Waals surface area contributed by atoms with Gasteiger partial charge in [0, 0.05) is 17.7 Å². The number of phenols is 1. The molecule has 1 aliphatic heterocycles. The number of ether oxygens (including phenoxy) is 1. The maximum absolute atomic E-state index is 13.8. The van der Waals surface area contributed by atoms with Gasteiger partial charge in [-0.05, 0) is 97.4 Å². The third-order valence-electron chi connectivity index (χ3n) is 6.90. The Morgan fingerprint density at radius 3 is 2.47 bits per heavy atom. The van der Waals surface area contributed by atoms with Gasteiger partial charge in [0.1, 0.15) is 18.1 Å². The highest BCUT2D eigenvalue weighted by Crippen LogP contribution is 2.39. The summed E-state index contributed by atoms with van der Waals surface area (Å²) in [6, 6.07) is 22.9. The molecule has 0 aromatic heterocycles. The molecule has 0 atom stereocenters. The quantitative estimate of drug-likeness (QED) is 0.446. The van der Waals surface area contributed by atoms with Gasteiger partial charge in [0.15, 0.2) is 5.78 Å². The Bertz CT molecular complexity index is 1190. The average molecular weight is 454 g/mol. The van der Waals surface area contributed by atoms with Crippen LogP contribution in [0, 0.1) is 0 Å². The first kappa shape index (κ1) is 22.4. The number of hydrogen-bond donors (Lipinski definition) is 1. The summed E-state index contributed by atoms with van der Waals surface area (Å²) in [4.78, 5) is 16.3. The van der Waals surface area contributed by atoms with E-state index in [0.717, 1.165) is 60.5 Å². The van der Waals surface area contributed by atoms with Gasteiger partial charge in [-0.15, -0.1) is 0 Å². The van der Waals surface area contributed by atoms with E-state index in [0.29, 0.717) is 12.2 Å². The number of Topliss-reactive ketones (excluding diaryl/α,β-unsaturated/α-hetero) is 1. The van der Waals surface area contributed by atoms with E-state index in [2.05, 4.69) is 11.0 Å². The number of fused-ring (bicyclic) bond motifs is 1. The van der Waals surface area contributed by atoms with Crippen molar-refractivity contribution in [2.45, 2.75) is 32.1 Å². The molecule has 0 amide bonds. The Kier molecular flexibility index (Phi) is 6.77. The lowest BCUT2D eigenvalue weighted by molar-refractivity contribution is 0.105. The van der Waals surface area contributed by atoms with E-state index in [1.165, 1.54) is 24.8 Å². The second-order valence-electron chi connectivity index (χ2n) is 9.17. The zero-order chi connectivity index (χ0) is 23.3. The van der Waals surface area contributed by atoms with Crippen molar-refractivity contribution in [3.63, 3.8) is 0 Å². The highest BCUT2D eigenvalue weighted by atomic mass is 16.5. The molecule has 0 spiro atoms. The zero-order valence-corrected chi connectivity index (χ0v) is 19.5. The first-order chi connectivity index (χ1) is 16.7. The average Bonchev–Trinajstić information content (AvgIpc) is 2.88. The molecule has 2 aliphatic rings. The second kappa shape index (κ2) is 10.3. The van der Waals surface area contributed by atoms with Crippen molar-refractivity contribution in [3.05, 3.63) is 95.1 Å². The van der Waals surface area contributed by atoms with Gasteiger partial charge in [0.05, 0.1) is 0 Å². The summed E-state index contributed by atoms with van der Waals surface area (Å²) in [5, 5.41) is 10.0. The van der Waals surface area contributed by atoms with E-state index in [1.807, 2.05) is 54.6 Å². The number of carbonyl (C=O) groups is 1. The van der Waals surface area contributed by atoms with Crippen LogP contribution in [0.25, 0.3) is 11.1 Å². The summed E-state index contributed by atoms with van der Waals surface area (Å²) in [5.74, 6) is 1.01. The number of nitrogens with zero attached hydrogens (tertiary/aromatic N) is 1. The van der Waals surface area contributed by atoms with Crippen LogP contribution >= 0.6 is 0 Å². The van der Waals surface area contributed by atoms with Gasteiger partial charge in [-0.1, -0.05) is 42.8 Å². The predicted octanol–water partition coefficient (Wildman–Crippen LogP) is 6.00. The number of phenolic OH excluding ortho intramolecular Hbond substituents is 1. The standard InChI is InChI=1S/C30H31NO3/c32-25-9-6-8-24(21-25)28-16-13-22-7-2-3-10-27(22)29(28)30(33)23-11-14-26(15-12-23)34-20-19-31-17-4-1-5-18-31/h2-3,6-12,14-15,21,32H,1,4-5,13,16-20H2.